The van der Waals surface area contributed by atoms with Crippen molar-refractivity contribution in [3.63, 3.8) is 0 Å². The Labute approximate surface area is 157 Å². The maximum atomic E-state index is 6.20. The first-order valence-electron chi connectivity index (χ1n) is 9.04. The second-order valence-electron chi connectivity index (χ2n) is 6.45. The third-order valence-corrected chi connectivity index (χ3v) is 5.64. The summed E-state index contributed by atoms with van der Waals surface area (Å²) in [6.07, 6.45) is 4.99. The third kappa shape index (κ3) is 3.67. The Morgan fingerprint density at radius 2 is 2.00 bits per heavy atom. The first-order valence-corrected chi connectivity index (χ1v) is 9.92. The minimum atomic E-state index is 0.668. The Morgan fingerprint density at radius 3 is 2.81 bits per heavy atom. The number of piperazine rings is 1. The molecule has 7 heteroatoms. The van der Waals surface area contributed by atoms with Gasteiger partial charge in [-0.1, -0.05) is 18.2 Å². The molecule has 2 aromatic heterocycles. The van der Waals surface area contributed by atoms with Crippen LogP contribution in [0.25, 0.3) is 10.9 Å². The van der Waals surface area contributed by atoms with Crippen LogP contribution in [-0.4, -0.2) is 53.1 Å². The fraction of sp³-hybridized carbons (Fsp3) is 0.368. The highest BCUT2D eigenvalue weighted by Gasteiger charge is 2.19. The van der Waals surface area contributed by atoms with Crippen LogP contribution in [0.3, 0.4) is 0 Å². The lowest BCUT2D eigenvalue weighted by atomic mass is 10.2. The summed E-state index contributed by atoms with van der Waals surface area (Å²) in [4.78, 5) is 13.5. The van der Waals surface area contributed by atoms with Gasteiger partial charge in [-0.05, 0) is 23.9 Å². The van der Waals surface area contributed by atoms with Crippen molar-refractivity contribution < 1.29 is 0 Å². The van der Waals surface area contributed by atoms with Gasteiger partial charge in [-0.3, -0.25) is 4.99 Å². The number of nitrogens with two attached hydrogens (primary N) is 1. The number of guanidine groups is 1. The minimum Gasteiger partial charge on any atom is -0.370 e. The Bertz CT molecular complexity index is 861. The van der Waals surface area contributed by atoms with Gasteiger partial charge in [0.15, 0.2) is 11.1 Å². The van der Waals surface area contributed by atoms with Crippen LogP contribution in [0.1, 0.15) is 6.42 Å². The molecule has 1 aromatic carbocycles. The van der Waals surface area contributed by atoms with Crippen molar-refractivity contribution in [3.05, 3.63) is 48.1 Å². The molecule has 0 aliphatic carbocycles. The largest absolute Gasteiger partial charge is 0.370 e. The van der Waals surface area contributed by atoms with Crippen molar-refractivity contribution in [2.24, 2.45) is 10.7 Å². The van der Waals surface area contributed by atoms with Crippen LogP contribution in [0, 0.1) is 0 Å². The van der Waals surface area contributed by atoms with E-state index in [-0.39, 0.29) is 0 Å². The van der Waals surface area contributed by atoms with Crippen molar-refractivity contribution in [1.29, 1.82) is 0 Å². The van der Waals surface area contributed by atoms with Crippen LogP contribution in [0.4, 0.5) is 5.13 Å². The molecule has 6 nitrogen and oxygen atoms in total. The lowest BCUT2D eigenvalue weighted by molar-refractivity contribution is 0.380. The SMILES string of the molecule is NC(=NCCCn1ccc2ccccc21)N1CCN(c2nccs2)CC1. The van der Waals surface area contributed by atoms with Crippen molar-refractivity contribution in [2.45, 2.75) is 13.0 Å². The van der Waals surface area contributed by atoms with Crippen LogP contribution in [0.15, 0.2) is 53.1 Å². The molecular formula is C19H24N6S. The number of para-hydroxylation sites is 1. The summed E-state index contributed by atoms with van der Waals surface area (Å²) in [5.41, 5.74) is 7.48. The smallest absolute Gasteiger partial charge is 0.191 e. The van der Waals surface area contributed by atoms with Gasteiger partial charge in [-0.25, -0.2) is 4.98 Å². The minimum absolute atomic E-state index is 0.668. The highest BCUT2D eigenvalue weighted by Crippen LogP contribution is 2.19. The Kier molecular flexibility index (Phi) is 5.06. The van der Waals surface area contributed by atoms with E-state index in [0.29, 0.717) is 5.96 Å². The normalized spacial score (nSPS) is 15.8. The molecule has 1 aliphatic heterocycles. The van der Waals surface area contributed by atoms with Crippen LogP contribution in [0.5, 0.6) is 0 Å². The maximum absolute atomic E-state index is 6.20. The van der Waals surface area contributed by atoms with Gasteiger partial charge in [-0.2, -0.15) is 0 Å². The molecule has 3 heterocycles. The number of aliphatic imine (C=N–C) groups is 1. The lowest BCUT2D eigenvalue weighted by Crippen LogP contribution is -2.51. The summed E-state index contributed by atoms with van der Waals surface area (Å²) in [7, 11) is 0. The number of hydrogen-bond donors (Lipinski definition) is 1. The van der Waals surface area contributed by atoms with Crippen molar-refractivity contribution in [1.82, 2.24) is 14.5 Å². The predicted molar refractivity (Wildman–Crippen MR) is 109 cm³/mol. The number of fused-ring (bicyclic) bond motifs is 1. The van der Waals surface area contributed by atoms with Gasteiger partial charge in [0.1, 0.15) is 0 Å². The van der Waals surface area contributed by atoms with E-state index in [2.05, 4.69) is 60.9 Å². The molecular weight excluding hydrogens is 344 g/mol. The molecule has 0 atom stereocenters. The zero-order valence-corrected chi connectivity index (χ0v) is 15.6. The number of hydrogen-bond acceptors (Lipinski definition) is 4. The van der Waals surface area contributed by atoms with E-state index in [0.717, 1.165) is 50.8 Å². The second-order valence-corrected chi connectivity index (χ2v) is 7.32. The molecule has 4 rings (SSSR count). The maximum Gasteiger partial charge on any atom is 0.191 e. The average molecular weight is 369 g/mol. The van der Waals surface area contributed by atoms with E-state index >= 15 is 0 Å². The summed E-state index contributed by atoms with van der Waals surface area (Å²) in [5.74, 6) is 0.668. The quantitative estimate of drug-likeness (QED) is 0.427. The van der Waals surface area contributed by atoms with Gasteiger partial charge < -0.3 is 20.1 Å². The molecule has 1 aliphatic rings. The molecule has 0 unspecified atom stereocenters. The number of aryl methyl sites for hydroxylation is 1. The van der Waals surface area contributed by atoms with Crippen LogP contribution in [-0.2, 0) is 6.54 Å². The molecule has 0 saturated carbocycles. The number of rotatable bonds is 5. The molecule has 2 N–H and O–H groups in total. The molecule has 1 saturated heterocycles. The number of aromatic nitrogens is 2. The van der Waals surface area contributed by atoms with Crippen molar-refractivity contribution in [2.75, 3.05) is 37.6 Å². The second kappa shape index (κ2) is 7.78. The highest BCUT2D eigenvalue weighted by atomic mass is 32.1. The Hall–Kier alpha value is -2.54. The highest BCUT2D eigenvalue weighted by molar-refractivity contribution is 7.13. The first-order chi connectivity index (χ1) is 12.8. The van der Waals surface area contributed by atoms with E-state index in [1.807, 2.05) is 11.6 Å². The van der Waals surface area contributed by atoms with Gasteiger partial charge in [0.25, 0.3) is 0 Å². The van der Waals surface area contributed by atoms with Crippen molar-refractivity contribution in [3.8, 4) is 0 Å². The molecule has 136 valence electrons. The fourth-order valence-corrected chi connectivity index (χ4v) is 4.07. The van der Waals surface area contributed by atoms with E-state index in [4.69, 9.17) is 5.73 Å². The summed E-state index contributed by atoms with van der Waals surface area (Å²) >= 11 is 1.69. The first kappa shape index (κ1) is 16.9. The molecule has 3 aromatic rings. The monoisotopic (exact) mass is 368 g/mol. The van der Waals surface area contributed by atoms with Crippen LogP contribution < -0.4 is 10.6 Å². The zero-order valence-electron chi connectivity index (χ0n) is 14.8. The van der Waals surface area contributed by atoms with Crippen LogP contribution in [0.2, 0.25) is 0 Å². The van der Waals surface area contributed by atoms with E-state index < -0.39 is 0 Å². The third-order valence-electron chi connectivity index (χ3n) is 4.80. The summed E-state index contributed by atoms with van der Waals surface area (Å²) in [5, 5.41) is 4.40. The Balaban J connectivity index is 1.25. The van der Waals surface area contributed by atoms with Gasteiger partial charge in [-0.15, -0.1) is 11.3 Å². The molecule has 0 radical (unpaired) electrons. The van der Waals surface area contributed by atoms with E-state index in [1.165, 1.54) is 10.9 Å². The number of anilines is 1. The average Bonchev–Trinajstić information content (AvgIpc) is 3.35. The van der Waals surface area contributed by atoms with E-state index in [1.54, 1.807) is 11.3 Å². The summed E-state index contributed by atoms with van der Waals surface area (Å²) in [6, 6.07) is 10.6. The zero-order chi connectivity index (χ0) is 17.8. The molecule has 0 amide bonds. The summed E-state index contributed by atoms with van der Waals surface area (Å²) < 4.78 is 2.29. The van der Waals surface area contributed by atoms with Gasteiger partial charge in [0.05, 0.1) is 0 Å². The number of nitrogens with zero attached hydrogens (tertiary/aromatic N) is 5. The fourth-order valence-electron chi connectivity index (χ4n) is 3.37. The van der Waals surface area contributed by atoms with E-state index in [9.17, 15) is 0 Å². The number of benzene rings is 1. The van der Waals surface area contributed by atoms with Gasteiger partial charge >= 0.3 is 0 Å². The molecule has 26 heavy (non-hydrogen) atoms. The molecule has 0 spiro atoms. The molecule has 1 fully saturated rings. The number of thiazole rings is 1. The standard InChI is InChI=1S/C19H24N6S/c20-18(24-11-13-25(14-12-24)19-22-8-15-26-19)21-7-3-9-23-10-6-16-4-1-2-5-17(16)23/h1-2,4-6,8,10,15H,3,7,9,11-14H2,(H2,20,21). The summed E-state index contributed by atoms with van der Waals surface area (Å²) in [6.45, 7) is 5.40. The van der Waals surface area contributed by atoms with Gasteiger partial charge in [0, 0.05) is 62.6 Å². The predicted octanol–water partition coefficient (Wildman–Crippen LogP) is 2.62. The Morgan fingerprint density at radius 1 is 1.15 bits per heavy atom. The van der Waals surface area contributed by atoms with Gasteiger partial charge in [0.2, 0.25) is 0 Å². The van der Waals surface area contributed by atoms with Crippen LogP contribution >= 0.6 is 11.3 Å². The molecule has 0 bridgehead atoms. The van der Waals surface area contributed by atoms with Crippen molar-refractivity contribution >= 4 is 33.3 Å². The topological polar surface area (TPSA) is 62.7 Å². The lowest BCUT2D eigenvalue weighted by Gasteiger charge is -2.35.